The lowest BCUT2D eigenvalue weighted by Gasteiger charge is -2.14. The van der Waals surface area contributed by atoms with Gasteiger partial charge in [0.25, 0.3) is 0 Å². The minimum absolute atomic E-state index is 0.636. The van der Waals surface area contributed by atoms with Gasteiger partial charge in [0.15, 0.2) is 0 Å². The second kappa shape index (κ2) is 6.35. The van der Waals surface area contributed by atoms with Crippen molar-refractivity contribution in [3.8, 4) is 0 Å². The largest absolute Gasteiger partial charge is 0.410 e. The van der Waals surface area contributed by atoms with Crippen molar-refractivity contribution < 1.29 is 4.43 Å². The van der Waals surface area contributed by atoms with Gasteiger partial charge in [-0.25, -0.2) is 0 Å². The van der Waals surface area contributed by atoms with Crippen molar-refractivity contribution in [1.82, 2.24) is 0 Å². The minimum atomic E-state index is -1.46. The molecule has 2 nitrogen and oxygen atoms in total. The smallest absolute Gasteiger partial charge is 0.221 e. The maximum Gasteiger partial charge on any atom is 0.221 e. The Kier molecular flexibility index (Phi) is 4.50. The second-order valence-corrected chi connectivity index (χ2v) is 6.38. The zero-order chi connectivity index (χ0) is 11.9. The van der Waals surface area contributed by atoms with Gasteiger partial charge in [0.05, 0.1) is 6.61 Å². The van der Waals surface area contributed by atoms with Gasteiger partial charge < -0.3 is 10.2 Å². The Bertz CT molecular complexity index is 432. The molecule has 0 radical (unpaired) electrons. The monoisotopic (exact) mass is 243 g/mol. The first kappa shape index (κ1) is 12.0. The molecule has 2 rings (SSSR count). The van der Waals surface area contributed by atoms with Gasteiger partial charge in [-0.15, -0.1) is 0 Å². The molecule has 0 saturated heterocycles. The molecular weight excluding hydrogens is 226 g/mol. The summed E-state index contributed by atoms with van der Waals surface area (Å²) in [6.07, 6.45) is 0.636. The Morgan fingerprint density at radius 3 is 2.06 bits per heavy atom. The molecule has 0 aliphatic heterocycles. The molecule has 1 atom stereocenters. The lowest BCUT2D eigenvalue weighted by Crippen LogP contribution is -2.40. The third-order valence-corrected chi connectivity index (χ3v) is 4.81. The van der Waals surface area contributed by atoms with E-state index in [2.05, 4.69) is 24.3 Å². The average Bonchev–Trinajstić information content (AvgIpc) is 2.42. The maximum absolute atomic E-state index is 5.98. The topological polar surface area (TPSA) is 35.2 Å². The van der Waals surface area contributed by atoms with Crippen LogP contribution in [-0.2, 0) is 11.0 Å². The fourth-order valence-electron chi connectivity index (χ4n) is 1.74. The molecule has 2 aromatic rings. The van der Waals surface area contributed by atoms with Gasteiger partial charge in [-0.2, -0.15) is 0 Å². The van der Waals surface area contributed by atoms with Crippen molar-refractivity contribution in [2.45, 2.75) is 6.61 Å². The number of benzene rings is 2. The van der Waals surface area contributed by atoms with E-state index in [4.69, 9.17) is 10.2 Å². The predicted molar refractivity (Wildman–Crippen MR) is 73.5 cm³/mol. The first-order valence-electron chi connectivity index (χ1n) is 5.80. The highest BCUT2D eigenvalue weighted by molar-refractivity contribution is 6.67. The van der Waals surface area contributed by atoms with E-state index in [0.717, 1.165) is 0 Å². The summed E-state index contributed by atoms with van der Waals surface area (Å²) in [5.41, 5.74) is 7.01. The molecule has 2 N–H and O–H groups in total. The SMILES string of the molecule is NC[SiH](OCc1ccccc1)c1ccccc1. The van der Waals surface area contributed by atoms with E-state index >= 15 is 0 Å². The zero-order valence-corrected chi connectivity index (χ0v) is 10.9. The van der Waals surface area contributed by atoms with Crippen LogP contribution in [0, 0.1) is 0 Å². The summed E-state index contributed by atoms with van der Waals surface area (Å²) in [6.45, 7) is 0.657. The molecule has 0 aliphatic carbocycles. The van der Waals surface area contributed by atoms with Crippen LogP contribution in [0.25, 0.3) is 0 Å². The van der Waals surface area contributed by atoms with Crippen LogP contribution in [0.4, 0.5) is 0 Å². The molecule has 0 bridgehead atoms. The van der Waals surface area contributed by atoms with Crippen molar-refractivity contribution >= 4 is 14.2 Å². The minimum Gasteiger partial charge on any atom is -0.410 e. The number of rotatable bonds is 5. The van der Waals surface area contributed by atoms with Crippen molar-refractivity contribution in [2.24, 2.45) is 5.73 Å². The van der Waals surface area contributed by atoms with Crippen LogP contribution >= 0.6 is 0 Å². The van der Waals surface area contributed by atoms with Gasteiger partial charge in [0.1, 0.15) is 0 Å². The van der Waals surface area contributed by atoms with Gasteiger partial charge in [-0.1, -0.05) is 60.7 Å². The molecule has 1 unspecified atom stereocenters. The quantitative estimate of drug-likeness (QED) is 0.804. The summed E-state index contributed by atoms with van der Waals surface area (Å²) >= 11 is 0. The van der Waals surface area contributed by atoms with Gasteiger partial charge in [-0.05, 0) is 10.8 Å². The second-order valence-electron chi connectivity index (χ2n) is 3.93. The zero-order valence-electron chi connectivity index (χ0n) is 9.75. The van der Waals surface area contributed by atoms with E-state index in [1.54, 1.807) is 0 Å². The van der Waals surface area contributed by atoms with Gasteiger partial charge in [0.2, 0.25) is 9.04 Å². The van der Waals surface area contributed by atoms with Crippen LogP contribution in [0.1, 0.15) is 5.56 Å². The summed E-state index contributed by atoms with van der Waals surface area (Å²) in [5, 5.41) is 1.27. The van der Waals surface area contributed by atoms with Gasteiger partial charge >= 0.3 is 0 Å². The molecule has 17 heavy (non-hydrogen) atoms. The summed E-state index contributed by atoms with van der Waals surface area (Å²) in [7, 11) is -1.46. The van der Waals surface area contributed by atoms with Crippen LogP contribution in [0.2, 0.25) is 0 Å². The van der Waals surface area contributed by atoms with E-state index in [0.29, 0.717) is 12.8 Å². The third kappa shape index (κ3) is 3.52. The lowest BCUT2D eigenvalue weighted by molar-refractivity contribution is 0.315. The Morgan fingerprint density at radius 1 is 0.882 bits per heavy atom. The van der Waals surface area contributed by atoms with Crippen molar-refractivity contribution in [3.05, 3.63) is 66.2 Å². The molecule has 3 heteroatoms. The molecule has 0 spiro atoms. The summed E-state index contributed by atoms with van der Waals surface area (Å²) < 4.78 is 5.98. The van der Waals surface area contributed by atoms with Crippen molar-refractivity contribution in [3.63, 3.8) is 0 Å². The van der Waals surface area contributed by atoms with E-state index in [-0.39, 0.29) is 0 Å². The maximum atomic E-state index is 5.98. The van der Waals surface area contributed by atoms with Gasteiger partial charge in [0, 0.05) is 6.17 Å². The first-order chi connectivity index (χ1) is 8.40. The molecule has 0 heterocycles. The predicted octanol–water partition coefficient (Wildman–Crippen LogP) is 1.33. The van der Waals surface area contributed by atoms with Crippen LogP contribution in [0.3, 0.4) is 0 Å². The fourth-order valence-corrected chi connectivity index (χ4v) is 3.38. The summed E-state index contributed by atoms with van der Waals surface area (Å²) in [6, 6.07) is 20.5. The molecule has 0 amide bonds. The van der Waals surface area contributed by atoms with Gasteiger partial charge in [-0.3, -0.25) is 0 Å². The fraction of sp³-hybridized carbons (Fsp3) is 0.143. The van der Waals surface area contributed by atoms with E-state index in [9.17, 15) is 0 Å². The highest BCUT2D eigenvalue weighted by Gasteiger charge is 2.12. The highest BCUT2D eigenvalue weighted by Crippen LogP contribution is 2.01. The molecule has 0 aliphatic rings. The normalized spacial score (nSPS) is 12.3. The number of nitrogens with two attached hydrogens (primary N) is 1. The first-order valence-corrected chi connectivity index (χ1v) is 7.67. The van der Waals surface area contributed by atoms with Crippen molar-refractivity contribution in [2.75, 3.05) is 6.17 Å². The van der Waals surface area contributed by atoms with E-state index < -0.39 is 9.04 Å². The average molecular weight is 243 g/mol. The highest BCUT2D eigenvalue weighted by atomic mass is 28.3. The van der Waals surface area contributed by atoms with Crippen LogP contribution in [0.5, 0.6) is 0 Å². The summed E-state index contributed by atoms with van der Waals surface area (Å²) in [5.74, 6) is 0. The Balaban J connectivity index is 1.97. The molecule has 0 aromatic heterocycles. The Morgan fingerprint density at radius 2 is 1.47 bits per heavy atom. The number of hydrogen-bond donors (Lipinski definition) is 1. The van der Waals surface area contributed by atoms with Crippen LogP contribution in [0.15, 0.2) is 60.7 Å². The van der Waals surface area contributed by atoms with E-state index in [1.165, 1.54) is 10.8 Å². The van der Waals surface area contributed by atoms with Crippen LogP contribution in [-0.4, -0.2) is 15.2 Å². The van der Waals surface area contributed by atoms with Crippen molar-refractivity contribution in [1.29, 1.82) is 0 Å². The van der Waals surface area contributed by atoms with E-state index in [1.807, 2.05) is 36.4 Å². The number of hydrogen-bond acceptors (Lipinski definition) is 2. The van der Waals surface area contributed by atoms with Crippen LogP contribution < -0.4 is 10.9 Å². The molecule has 88 valence electrons. The molecular formula is C14H17NOSi. The Hall–Kier alpha value is -1.42. The Labute approximate surface area is 104 Å². The molecule has 0 fully saturated rings. The lowest BCUT2D eigenvalue weighted by atomic mass is 10.2. The third-order valence-electron chi connectivity index (χ3n) is 2.68. The summed E-state index contributed by atoms with van der Waals surface area (Å²) in [4.78, 5) is 0. The molecule has 0 saturated carbocycles. The standard InChI is InChI=1S/C14H17NOSi/c15-12-17(14-9-5-2-6-10-14)16-11-13-7-3-1-4-8-13/h1-10,17H,11-12,15H2. The molecule has 2 aromatic carbocycles.